The number of benzene rings is 2. The van der Waals surface area contributed by atoms with Gasteiger partial charge in [-0.25, -0.2) is 0 Å². The predicted octanol–water partition coefficient (Wildman–Crippen LogP) is 5.13. The number of phenols is 1. The van der Waals surface area contributed by atoms with E-state index in [0.717, 1.165) is 5.69 Å². The van der Waals surface area contributed by atoms with Gasteiger partial charge in [0.05, 0.1) is 22.3 Å². The van der Waals surface area contributed by atoms with Crippen LogP contribution in [0.25, 0.3) is 11.3 Å². The fourth-order valence-corrected chi connectivity index (χ4v) is 4.32. The van der Waals surface area contributed by atoms with Gasteiger partial charge in [-0.15, -0.1) is 0 Å². The van der Waals surface area contributed by atoms with E-state index < -0.39 is 11.0 Å². The Hall–Kier alpha value is -4.24. The second-order valence-electron chi connectivity index (χ2n) is 7.49. The SMILES string of the molecule is O=[N+]([O-])c1ccc(-c2ccc([C@@H]3[C@H](c4ccccn4)NC(=S)N3c3ccccc3O)o2)cc1. The Balaban J connectivity index is 1.58. The summed E-state index contributed by atoms with van der Waals surface area (Å²) >= 11 is 5.65. The molecule has 2 N–H and O–H groups in total. The first-order chi connectivity index (χ1) is 16.0. The average molecular weight is 458 g/mol. The smallest absolute Gasteiger partial charge is 0.269 e. The molecule has 5 rings (SSSR count). The Morgan fingerprint density at radius 3 is 2.48 bits per heavy atom. The van der Waals surface area contributed by atoms with Crippen molar-refractivity contribution in [3.05, 3.63) is 107 Å². The Morgan fingerprint density at radius 1 is 1.03 bits per heavy atom. The number of hydrogen-bond acceptors (Lipinski definition) is 6. The monoisotopic (exact) mass is 458 g/mol. The molecule has 0 unspecified atom stereocenters. The number of rotatable bonds is 5. The van der Waals surface area contributed by atoms with E-state index in [1.807, 2.05) is 41.3 Å². The lowest BCUT2D eigenvalue weighted by Crippen LogP contribution is -2.29. The number of para-hydroxylation sites is 2. The Bertz CT molecular complexity index is 1320. The van der Waals surface area contributed by atoms with Gasteiger partial charge >= 0.3 is 0 Å². The number of aromatic nitrogens is 1. The van der Waals surface area contributed by atoms with Crippen molar-refractivity contribution in [2.45, 2.75) is 12.1 Å². The first-order valence-electron chi connectivity index (χ1n) is 10.2. The van der Waals surface area contributed by atoms with Crippen molar-refractivity contribution in [2.75, 3.05) is 4.90 Å². The van der Waals surface area contributed by atoms with Gasteiger partial charge < -0.3 is 19.7 Å². The highest BCUT2D eigenvalue weighted by molar-refractivity contribution is 7.80. The molecule has 4 aromatic rings. The highest BCUT2D eigenvalue weighted by Crippen LogP contribution is 2.45. The fourth-order valence-electron chi connectivity index (χ4n) is 3.99. The zero-order chi connectivity index (χ0) is 22.9. The molecule has 1 aliphatic heterocycles. The standard InChI is InChI=1S/C24H18N4O4S/c29-19-7-2-1-6-18(19)27-23(22(26-24(27)33)17-5-3-4-14-25-17)21-13-12-20(32-21)15-8-10-16(11-9-15)28(30)31/h1-14,22-23,29H,(H,26,33)/t22-,23+/m0/s1. The van der Waals surface area contributed by atoms with Gasteiger partial charge in [0.2, 0.25) is 0 Å². The zero-order valence-electron chi connectivity index (χ0n) is 17.2. The Labute approximate surface area is 194 Å². The number of thiocarbonyl (C=S) groups is 1. The number of nitro benzene ring substituents is 1. The van der Waals surface area contributed by atoms with Crippen molar-refractivity contribution < 1.29 is 14.4 Å². The molecule has 164 valence electrons. The van der Waals surface area contributed by atoms with Gasteiger partial charge in [-0.2, -0.15) is 0 Å². The van der Waals surface area contributed by atoms with Crippen LogP contribution < -0.4 is 10.2 Å². The van der Waals surface area contributed by atoms with E-state index in [-0.39, 0.29) is 17.5 Å². The number of furan rings is 1. The van der Waals surface area contributed by atoms with Crippen molar-refractivity contribution in [3.8, 4) is 17.1 Å². The average Bonchev–Trinajstić information content (AvgIpc) is 3.45. The molecule has 2 aromatic carbocycles. The number of pyridine rings is 1. The molecule has 0 amide bonds. The van der Waals surface area contributed by atoms with Crippen LogP contribution in [0, 0.1) is 10.1 Å². The molecule has 0 aliphatic carbocycles. The van der Waals surface area contributed by atoms with Gasteiger partial charge in [-0.1, -0.05) is 18.2 Å². The minimum absolute atomic E-state index is 0.0109. The third-order valence-corrected chi connectivity index (χ3v) is 5.83. The van der Waals surface area contributed by atoms with Crippen molar-refractivity contribution >= 4 is 28.7 Å². The summed E-state index contributed by atoms with van der Waals surface area (Å²) in [6, 6.07) is 21.7. The molecule has 3 heterocycles. The molecule has 1 aliphatic rings. The molecule has 0 radical (unpaired) electrons. The number of anilines is 1. The molecule has 1 saturated heterocycles. The lowest BCUT2D eigenvalue weighted by molar-refractivity contribution is -0.384. The number of nitrogens with zero attached hydrogens (tertiary/aromatic N) is 3. The van der Waals surface area contributed by atoms with Crippen molar-refractivity contribution in [1.82, 2.24) is 10.3 Å². The molecule has 9 heteroatoms. The van der Waals surface area contributed by atoms with Crippen LogP contribution in [0.2, 0.25) is 0 Å². The highest BCUT2D eigenvalue weighted by Gasteiger charge is 2.43. The number of nitro groups is 1. The van der Waals surface area contributed by atoms with Crippen LogP contribution in [-0.4, -0.2) is 20.1 Å². The van der Waals surface area contributed by atoms with E-state index in [9.17, 15) is 15.2 Å². The summed E-state index contributed by atoms with van der Waals surface area (Å²) < 4.78 is 6.23. The van der Waals surface area contributed by atoms with E-state index >= 15 is 0 Å². The molecular weight excluding hydrogens is 440 g/mol. The van der Waals surface area contributed by atoms with E-state index in [0.29, 0.717) is 27.9 Å². The number of non-ortho nitro benzene ring substituents is 1. The second kappa shape index (κ2) is 8.36. The maximum atomic E-state index is 11.0. The van der Waals surface area contributed by atoms with Gasteiger partial charge in [0.25, 0.3) is 5.69 Å². The quantitative estimate of drug-likeness (QED) is 0.241. The van der Waals surface area contributed by atoms with Crippen LogP contribution >= 0.6 is 12.2 Å². The van der Waals surface area contributed by atoms with Gasteiger partial charge in [0.15, 0.2) is 5.11 Å². The minimum atomic E-state index is -0.440. The minimum Gasteiger partial charge on any atom is -0.506 e. The van der Waals surface area contributed by atoms with Crippen LogP contribution in [0.4, 0.5) is 11.4 Å². The van der Waals surface area contributed by atoms with E-state index in [1.165, 1.54) is 12.1 Å². The second-order valence-corrected chi connectivity index (χ2v) is 7.88. The van der Waals surface area contributed by atoms with Gasteiger partial charge in [0, 0.05) is 23.9 Å². The molecule has 2 atom stereocenters. The maximum Gasteiger partial charge on any atom is 0.269 e. The zero-order valence-corrected chi connectivity index (χ0v) is 18.0. The lowest BCUT2D eigenvalue weighted by atomic mass is 10.0. The summed E-state index contributed by atoms with van der Waals surface area (Å²) in [5.74, 6) is 1.26. The van der Waals surface area contributed by atoms with E-state index in [2.05, 4.69) is 10.3 Å². The van der Waals surface area contributed by atoms with Crippen molar-refractivity contribution in [2.24, 2.45) is 0 Å². The summed E-state index contributed by atoms with van der Waals surface area (Å²) in [6.45, 7) is 0. The number of aromatic hydroxyl groups is 1. The first-order valence-corrected chi connectivity index (χ1v) is 10.6. The largest absolute Gasteiger partial charge is 0.506 e. The number of nitrogens with one attached hydrogen (secondary N) is 1. The summed E-state index contributed by atoms with van der Waals surface area (Å²) in [6.07, 6.45) is 1.71. The van der Waals surface area contributed by atoms with E-state index in [4.69, 9.17) is 16.6 Å². The van der Waals surface area contributed by atoms with Gasteiger partial charge in [-0.05, 0) is 60.7 Å². The summed E-state index contributed by atoms with van der Waals surface area (Å²) in [5, 5.41) is 25.2. The molecular formula is C24H18N4O4S. The third-order valence-electron chi connectivity index (χ3n) is 5.52. The van der Waals surface area contributed by atoms with Gasteiger partial charge in [-0.3, -0.25) is 15.1 Å². The normalized spacial score (nSPS) is 17.7. The van der Waals surface area contributed by atoms with Gasteiger partial charge in [0.1, 0.15) is 23.3 Å². The fraction of sp³-hybridized carbons (Fsp3) is 0.0833. The Kier molecular flexibility index (Phi) is 5.23. The Morgan fingerprint density at radius 2 is 1.79 bits per heavy atom. The molecule has 0 spiro atoms. The molecule has 1 fully saturated rings. The summed E-state index contributed by atoms with van der Waals surface area (Å²) in [4.78, 5) is 16.8. The van der Waals surface area contributed by atoms with Crippen LogP contribution in [-0.2, 0) is 0 Å². The van der Waals surface area contributed by atoms with Crippen molar-refractivity contribution in [3.63, 3.8) is 0 Å². The topological polar surface area (TPSA) is 105 Å². The third kappa shape index (κ3) is 3.79. The van der Waals surface area contributed by atoms with Crippen molar-refractivity contribution in [1.29, 1.82) is 0 Å². The van der Waals surface area contributed by atoms with Crippen LogP contribution in [0.15, 0.2) is 89.5 Å². The molecule has 2 aromatic heterocycles. The number of hydrogen-bond donors (Lipinski definition) is 2. The molecule has 33 heavy (non-hydrogen) atoms. The van der Waals surface area contributed by atoms with Crippen LogP contribution in [0.3, 0.4) is 0 Å². The number of phenolic OH excluding ortho intramolecular Hbond substituents is 1. The molecule has 0 saturated carbocycles. The van der Waals surface area contributed by atoms with E-state index in [1.54, 1.807) is 36.5 Å². The predicted molar refractivity (Wildman–Crippen MR) is 127 cm³/mol. The summed E-state index contributed by atoms with van der Waals surface area (Å²) in [7, 11) is 0. The molecule has 0 bridgehead atoms. The maximum absolute atomic E-state index is 11.0. The molecule has 8 nitrogen and oxygen atoms in total. The lowest BCUT2D eigenvalue weighted by Gasteiger charge is -2.26. The van der Waals surface area contributed by atoms with Crippen LogP contribution in [0.5, 0.6) is 5.75 Å². The highest BCUT2D eigenvalue weighted by atomic mass is 32.1. The first kappa shape index (κ1) is 20.7. The summed E-state index contributed by atoms with van der Waals surface area (Å²) in [5.41, 5.74) is 2.04. The van der Waals surface area contributed by atoms with Crippen LogP contribution in [0.1, 0.15) is 23.5 Å².